The van der Waals surface area contributed by atoms with Gasteiger partial charge >= 0.3 is 284 Å². The van der Waals surface area contributed by atoms with Crippen molar-refractivity contribution in [1.82, 2.24) is 0 Å². The van der Waals surface area contributed by atoms with Crippen LogP contribution in [0.5, 0.6) is 0 Å². The number of rotatable bonds is 7. The minimum atomic E-state index is -3.61. The molecule has 4 heteroatoms. The van der Waals surface area contributed by atoms with Gasteiger partial charge in [-0.05, 0) is 0 Å². The van der Waals surface area contributed by atoms with Crippen LogP contribution in [0.15, 0.2) is 199 Å². The van der Waals surface area contributed by atoms with Crippen LogP contribution in [-0.2, 0) is 4.57 Å². The zero-order valence-electron chi connectivity index (χ0n) is 26.4. The average Bonchev–Trinajstić information content (AvgIpc) is 3.18. The van der Waals surface area contributed by atoms with Crippen molar-refractivity contribution in [2.75, 3.05) is 0 Å². The van der Waals surface area contributed by atoms with Gasteiger partial charge in [0.05, 0.1) is 0 Å². The van der Waals surface area contributed by atoms with E-state index in [0.717, 1.165) is 53.7 Å². The first kappa shape index (κ1) is 30.5. The summed E-state index contributed by atoms with van der Waals surface area (Å²) in [5.41, 5.74) is 2.00. The predicted octanol–water partition coefficient (Wildman–Crippen LogP) is 8.43. The molecular weight excluding hydrogens is 622 g/mol. The Kier molecular flexibility index (Phi) is 8.03. The van der Waals surface area contributed by atoms with E-state index in [1.165, 1.54) is 0 Å². The summed E-state index contributed by atoms with van der Waals surface area (Å²) in [6, 6.07) is 52.7. The Hall–Kier alpha value is -4.84. The van der Waals surface area contributed by atoms with Gasteiger partial charge in [0.25, 0.3) is 0 Å². The fourth-order valence-electron chi connectivity index (χ4n) is 7.54. The molecule has 2 unspecified atom stereocenters. The molecule has 0 aliphatic heterocycles. The molecule has 2 atom stereocenters. The molecule has 0 bridgehead atoms. The van der Waals surface area contributed by atoms with Crippen LogP contribution in [0.1, 0.15) is 5.56 Å². The molecule has 234 valence electrons. The van der Waals surface area contributed by atoms with E-state index in [-0.39, 0.29) is 11.8 Å². The van der Waals surface area contributed by atoms with E-state index < -0.39 is 14.6 Å². The van der Waals surface area contributed by atoms with Crippen LogP contribution in [0.3, 0.4) is 0 Å². The maximum absolute atomic E-state index is 16.3. The van der Waals surface area contributed by atoms with E-state index in [2.05, 4.69) is 97.1 Å². The van der Waals surface area contributed by atoms with Crippen molar-refractivity contribution in [3.63, 3.8) is 0 Å². The molecule has 0 aromatic heterocycles. The van der Waals surface area contributed by atoms with E-state index in [4.69, 9.17) is 0 Å². The summed E-state index contributed by atoms with van der Waals surface area (Å²) in [5, 5.41) is 7.22. The molecule has 0 saturated carbocycles. The third kappa shape index (κ3) is 5.01. The molecule has 8 rings (SSSR count). The van der Waals surface area contributed by atoms with Crippen molar-refractivity contribution >= 4 is 57.5 Å². The zero-order chi connectivity index (χ0) is 32.6. The van der Waals surface area contributed by atoms with E-state index >= 15 is 4.57 Å². The van der Waals surface area contributed by atoms with Gasteiger partial charge in [-0.3, -0.25) is 0 Å². The summed E-state index contributed by atoms with van der Waals surface area (Å²) in [6.45, 7) is 0. The fraction of sp³-hybridized carbons (Fsp3) is 0.0455. The Labute approximate surface area is 282 Å². The third-order valence-corrected chi connectivity index (χ3v) is 16.5. The van der Waals surface area contributed by atoms with Gasteiger partial charge in [-0.2, -0.15) is 0 Å². The van der Waals surface area contributed by atoms with Gasteiger partial charge in [0, 0.05) is 0 Å². The topological polar surface area (TPSA) is 37.3 Å². The summed E-state index contributed by atoms with van der Waals surface area (Å²) in [5.74, 6) is 0.0317. The molecule has 0 heterocycles. The first-order valence-corrected chi connectivity index (χ1v) is 20.1. The van der Waals surface area contributed by atoms with E-state index in [1.54, 1.807) is 0 Å². The Balaban J connectivity index is 1.56. The number of hydrogen-bond acceptors (Lipinski definition) is 2. The van der Waals surface area contributed by atoms with E-state index in [0.29, 0.717) is 0 Å². The molecule has 6 aromatic carbocycles. The van der Waals surface area contributed by atoms with Crippen LogP contribution in [0.2, 0.25) is 0 Å². The van der Waals surface area contributed by atoms with Gasteiger partial charge in [-0.1, -0.05) is 0 Å². The van der Waals surface area contributed by atoms with Crippen LogP contribution in [0, 0.1) is 11.8 Å². The molecule has 2 aliphatic rings. The van der Waals surface area contributed by atoms with Gasteiger partial charge < -0.3 is 0 Å². The third-order valence-electron chi connectivity index (χ3n) is 9.81. The molecule has 1 N–H and O–H groups in total. The molecule has 48 heavy (non-hydrogen) atoms. The summed E-state index contributed by atoms with van der Waals surface area (Å²) in [7, 11) is -7.03. The first-order valence-electron chi connectivity index (χ1n) is 16.5. The molecule has 2 nitrogen and oxygen atoms in total. The molecular formula is C44H36O2P2. The molecule has 6 aromatic rings. The van der Waals surface area contributed by atoms with E-state index in [9.17, 15) is 4.89 Å². The normalized spacial score (nSPS) is 17.8. The molecule has 0 spiro atoms. The van der Waals surface area contributed by atoms with Gasteiger partial charge in [0.15, 0.2) is 0 Å². The SMILES string of the molecule is O=P(c1ccccc1)(c1ccccc1)c1ccc2ccccc2c1C1=C([PH](O)(c2ccccc2)c2ccccc2)C=CC2C=CC=CC12. The van der Waals surface area contributed by atoms with Crippen molar-refractivity contribution in [2.45, 2.75) is 0 Å². The fourth-order valence-corrected chi connectivity index (χ4v) is 13.7. The summed E-state index contributed by atoms with van der Waals surface area (Å²) in [6.07, 6.45) is 13.1. The maximum atomic E-state index is 16.3. The van der Waals surface area contributed by atoms with Crippen LogP contribution < -0.4 is 26.5 Å². The number of hydrogen-bond donors (Lipinski definition) is 1. The second kappa shape index (κ2) is 12.6. The molecule has 0 saturated heterocycles. The van der Waals surface area contributed by atoms with E-state index in [1.807, 2.05) is 97.1 Å². The number of fused-ring (bicyclic) bond motifs is 2. The quantitative estimate of drug-likeness (QED) is 0.175. The standard InChI is InChI=1S/C44H36O2P2/c45-47(35-19-5-1-6-20-35,36-21-7-2-8-22-36)41-31-29-33-17-13-15-27-39(33)43(41)44-40-28-16-14-18-34(40)30-32-42(44)48(46,37-23-9-3-10-24-37)38-25-11-4-12-26-38/h1-33,39,45,47H. The van der Waals surface area contributed by atoms with Crippen LogP contribution in [-0.4, -0.2) is 4.89 Å². The van der Waals surface area contributed by atoms with Crippen molar-refractivity contribution in [3.8, 4) is 0 Å². The number of allylic oxidation sites excluding steroid dienone is 8. The predicted molar refractivity (Wildman–Crippen MR) is 207 cm³/mol. The minimum absolute atomic E-state index is 0.0639. The summed E-state index contributed by atoms with van der Waals surface area (Å²) < 4.78 is 16.3. The Bertz CT molecular complexity index is 2190. The van der Waals surface area contributed by atoms with Crippen molar-refractivity contribution in [3.05, 3.63) is 205 Å². The molecule has 2 aliphatic carbocycles. The molecule has 0 fully saturated rings. The van der Waals surface area contributed by atoms with Crippen LogP contribution >= 0.6 is 14.6 Å². The first-order chi connectivity index (χ1) is 23.6. The van der Waals surface area contributed by atoms with Crippen LogP contribution in [0.4, 0.5) is 0 Å². The monoisotopic (exact) mass is 658 g/mol. The molecule has 0 amide bonds. The van der Waals surface area contributed by atoms with Gasteiger partial charge in [-0.25, -0.2) is 0 Å². The van der Waals surface area contributed by atoms with Gasteiger partial charge in [0.1, 0.15) is 0 Å². The summed E-state index contributed by atoms with van der Waals surface area (Å²) in [4.78, 5) is 13.5. The summed E-state index contributed by atoms with van der Waals surface area (Å²) >= 11 is 0. The molecule has 0 radical (unpaired) electrons. The zero-order valence-corrected chi connectivity index (χ0v) is 28.3. The Morgan fingerprint density at radius 1 is 0.542 bits per heavy atom. The van der Waals surface area contributed by atoms with Crippen molar-refractivity contribution in [1.29, 1.82) is 0 Å². The van der Waals surface area contributed by atoms with Gasteiger partial charge in [-0.15, -0.1) is 0 Å². The second-order valence-electron chi connectivity index (χ2n) is 12.5. The second-order valence-corrected chi connectivity index (χ2v) is 18.3. The Morgan fingerprint density at radius 2 is 1.06 bits per heavy atom. The van der Waals surface area contributed by atoms with Crippen molar-refractivity contribution in [2.24, 2.45) is 11.8 Å². The van der Waals surface area contributed by atoms with Gasteiger partial charge in [0.2, 0.25) is 0 Å². The van der Waals surface area contributed by atoms with Crippen LogP contribution in [0.25, 0.3) is 16.3 Å². The number of benzene rings is 6. The van der Waals surface area contributed by atoms with Crippen molar-refractivity contribution < 1.29 is 9.46 Å². The Morgan fingerprint density at radius 3 is 1.67 bits per heavy atom. The average molecular weight is 659 g/mol.